The van der Waals surface area contributed by atoms with Crippen LogP contribution in [0.15, 0.2) is 0 Å². The molecule has 8 atom stereocenters. The second kappa shape index (κ2) is 4.80. The molecule has 0 aromatic rings. The summed E-state index contributed by atoms with van der Waals surface area (Å²) >= 11 is 0. The maximum Gasteiger partial charge on any atom is 0.133 e. The van der Waals surface area contributed by atoms with Gasteiger partial charge in [-0.3, -0.25) is 4.79 Å². The molecule has 4 aliphatic rings. The van der Waals surface area contributed by atoms with Gasteiger partial charge in [0.15, 0.2) is 0 Å². The van der Waals surface area contributed by atoms with Crippen molar-refractivity contribution in [2.45, 2.75) is 77.4 Å². The first-order chi connectivity index (χ1) is 10.3. The number of carbonyl (C=O) groups is 1. The smallest absolute Gasteiger partial charge is 0.133 e. The molecule has 0 aromatic carbocycles. The van der Waals surface area contributed by atoms with E-state index >= 15 is 0 Å². The van der Waals surface area contributed by atoms with Gasteiger partial charge in [-0.15, -0.1) is 0 Å². The number of ketones is 1. The standard InChI is InChI=1S/C19H30O3/c1-18-6-3-4-13(18)12-9-15(21)14-8-11(20)5-7-19(14,2)17(12)16(22)10-18/h12-17,21-22H,3-10H2,1-2H3/t12-,13+,14+,15-,16+,17-,18+,19-/m0/s1. The van der Waals surface area contributed by atoms with Crippen LogP contribution in [0.25, 0.3) is 0 Å². The molecule has 2 N–H and O–H groups in total. The summed E-state index contributed by atoms with van der Waals surface area (Å²) in [6.07, 6.45) is 6.89. The van der Waals surface area contributed by atoms with E-state index in [2.05, 4.69) is 13.8 Å². The molecule has 0 saturated heterocycles. The lowest BCUT2D eigenvalue weighted by Crippen LogP contribution is -2.61. The van der Waals surface area contributed by atoms with Crippen molar-refractivity contribution in [3.05, 3.63) is 0 Å². The minimum absolute atomic E-state index is 0.0560. The number of hydrogen-bond donors (Lipinski definition) is 2. The van der Waals surface area contributed by atoms with Gasteiger partial charge < -0.3 is 10.2 Å². The van der Waals surface area contributed by atoms with Gasteiger partial charge in [0.05, 0.1) is 12.2 Å². The van der Waals surface area contributed by atoms with E-state index in [0.29, 0.717) is 30.5 Å². The Balaban J connectivity index is 1.72. The maximum atomic E-state index is 11.9. The van der Waals surface area contributed by atoms with Crippen molar-refractivity contribution < 1.29 is 15.0 Å². The molecule has 4 rings (SSSR count). The Morgan fingerprint density at radius 3 is 2.64 bits per heavy atom. The number of Topliss-reactive ketones (excluding diaryl/α,β-unsaturated/α-hetero) is 1. The number of hydrogen-bond acceptors (Lipinski definition) is 3. The summed E-state index contributed by atoms with van der Waals surface area (Å²) in [4.78, 5) is 11.9. The van der Waals surface area contributed by atoms with Crippen LogP contribution < -0.4 is 0 Å². The summed E-state index contributed by atoms with van der Waals surface area (Å²) in [5.74, 6) is 1.75. The average Bonchev–Trinajstić information content (AvgIpc) is 2.82. The van der Waals surface area contributed by atoms with Crippen LogP contribution in [0, 0.1) is 34.5 Å². The first kappa shape index (κ1) is 15.1. The molecule has 22 heavy (non-hydrogen) atoms. The molecular weight excluding hydrogens is 276 g/mol. The Morgan fingerprint density at radius 2 is 1.86 bits per heavy atom. The number of aliphatic hydroxyl groups is 2. The number of rotatable bonds is 0. The molecule has 3 nitrogen and oxygen atoms in total. The van der Waals surface area contributed by atoms with Gasteiger partial charge in [0.2, 0.25) is 0 Å². The van der Waals surface area contributed by atoms with E-state index in [9.17, 15) is 15.0 Å². The van der Waals surface area contributed by atoms with E-state index in [4.69, 9.17) is 0 Å². The van der Waals surface area contributed by atoms with Crippen LogP contribution in [0.4, 0.5) is 0 Å². The van der Waals surface area contributed by atoms with Gasteiger partial charge in [0.25, 0.3) is 0 Å². The van der Waals surface area contributed by atoms with Crippen molar-refractivity contribution >= 4 is 5.78 Å². The van der Waals surface area contributed by atoms with E-state index in [1.165, 1.54) is 19.3 Å². The summed E-state index contributed by atoms with van der Waals surface area (Å²) in [6, 6.07) is 0. The van der Waals surface area contributed by atoms with Gasteiger partial charge in [-0.05, 0) is 66.6 Å². The van der Waals surface area contributed by atoms with Crippen molar-refractivity contribution in [1.29, 1.82) is 0 Å². The van der Waals surface area contributed by atoms with Crippen LogP contribution >= 0.6 is 0 Å². The molecule has 0 bridgehead atoms. The predicted molar refractivity (Wildman–Crippen MR) is 84.1 cm³/mol. The van der Waals surface area contributed by atoms with E-state index in [1.54, 1.807) is 0 Å². The molecular formula is C19H30O3. The molecule has 0 aliphatic heterocycles. The normalized spacial score (nSPS) is 57.9. The highest BCUT2D eigenvalue weighted by atomic mass is 16.3. The van der Waals surface area contributed by atoms with Crippen LogP contribution in [0.3, 0.4) is 0 Å². The second-order valence-corrected chi connectivity index (χ2v) is 9.27. The molecule has 0 spiro atoms. The van der Waals surface area contributed by atoms with E-state index in [1.807, 2.05) is 0 Å². The molecule has 4 aliphatic carbocycles. The number of carbonyl (C=O) groups excluding carboxylic acids is 1. The quantitative estimate of drug-likeness (QED) is 0.723. The Kier molecular flexibility index (Phi) is 3.30. The van der Waals surface area contributed by atoms with Crippen molar-refractivity contribution in [2.24, 2.45) is 34.5 Å². The van der Waals surface area contributed by atoms with Crippen LogP contribution in [-0.4, -0.2) is 28.2 Å². The van der Waals surface area contributed by atoms with Gasteiger partial charge >= 0.3 is 0 Å². The Bertz CT molecular complexity index is 489. The SMILES string of the molecule is C[C@]12CCC[C@@H]1[C@@H]1C[C@H](O)[C@H]3CC(=O)CC[C@]3(C)[C@@H]1[C@H](O)C2. The summed E-state index contributed by atoms with van der Waals surface area (Å²) in [6.45, 7) is 4.61. The Morgan fingerprint density at radius 1 is 1.09 bits per heavy atom. The van der Waals surface area contributed by atoms with Crippen LogP contribution in [-0.2, 0) is 4.79 Å². The van der Waals surface area contributed by atoms with Crippen molar-refractivity contribution in [3.63, 3.8) is 0 Å². The van der Waals surface area contributed by atoms with Crippen molar-refractivity contribution in [1.82, 2.24) is 0 Å². The minimum atomic E-state index is -0.356. The van der Waals surface area contributed by atoms with Crippen LogP contribution in [0.5, 0.6) is 0 Å². The summed E-state index contributed by atoms with van der Waals surface area (Å²) in [5.41, 5.74) is 0.216. The van der Waals surface area contributed by atoms with Crippen molar-refractivity contribution in [3.8, 4) is 0 Å². The highest BCUT2D eigenvalue weighted by molar-refractivity contribution is 5.79. The van der Waals surface area contributed by atoms with Crippen LogP contribution in [0.2, 0.25) is 0 Å². The van der Waals surface area contributed by atoms with E-state index in [-0.39, 0.29) is 34.9 Å². The lowest BCUT2D eigenvalue weighted by molar-refractivity contribution is -0.195. The first-order valence-corrected chi connectivity index (χ1v) is 9.23. The monoisotopic (exact) mass is 306 g/mol. The molecule has 0 radical (unpaired) electrons. The topological polar surface area (TPSA) is 57.5 Å². The third-order valence-electron chi connectivity index (χ3n) is 8.20. The molecule has 4 saturated carbocycles. The highest BCUT2D eigenvalue weighted by Crippen LogP contribution is 2.65. The minimum Gasteiger partial charge on any atom is -0.393 e. The molecule has 3 heteroatoms. The number of fused-ring (bicyclic) bond motifs is 5. The fraction of sp³-hybridized carbons (Fsp3) is 0.947. The Hall–Kier alpha value is -0.410. The largest absolute Gasteiger partial charge is 0.393 e. The maximum absolute atomic E-state index is 11.9. The fourth-order valence-corrected chi connectivity index (χ4v) is 7.23. The molecule has 0 amide bonds. The van der Waals surface area contributed by atoms with E-state index in [0.717, 1.165) is 19.3 Å². The van der Waals surface area contributed by atoms with Crippen LogP contribution in [0.1, 0.15) is 65.2 Å². The van der Waals surface area contributed by atoms with Crippen molar-refractivity contribution in [2.75, 3.05) is 0 Å². The van der Waals surface area contributed by atoms with Gasteiger partial charge in [0.1, 0.15) is 5.78 Å². The third-order valence-corrected chi connectivity index (χ3v) is 8.20. The number of aliphatic hydroxyl groups excluding tert-OH is 2. The lowest BCUT2D eigenvalue weighted by atomic mass is 9.44. The first-order valence-electron chi connectivity index (χ1n) is 9.23. The zero-order valence-corrected chi connectivity index (χ0v) is 13.9. The molecule has 0 heterocycles. The van der Waals surface area contributed by atoms with Gasteiger partial charge in [-0.1, -0.05) is 20.3 Å². The molecule has 0 unspecified atom stereocenters. The molecule has 124 valence electrons. The Labute approximate surface area is 133 Å². The average molecular weight is 306 g/mol. The van der Waals surface area contributed by atoms with Gasteiger partial charge in [-0.2, -0.15) is 0 Å². The van der Waals surface area contributed by atoms with E-state index < -0.39 is 0 Å². The second-order valence-electron chi connectivity index (χ2n) is 9.27. The fourth-order valence-electron chi connectivity index (χ4n) is 7.23. The zero-order chi connectivity index (χ0) is 15.7. The summed E-state index contributed by atoms with van der Waals surface area (Å²) < 4.78 is 0. The summed E-state index contributed by atoms with van der Waals surface area (Å²) in [7, 11) is 0. The van der Waals surface area contributed by atoms with Gasteiger partial charge in [-0.25, -0.2) is 0 Å². The lowest BCUT2D eigenvalue weighted by Gasteiger charge is -2.62. The predicted octanol–water partition coefficient (Wildman–Crippen LogP) is 2.93. The molecule has 0 aromatic heterocycles. The zero-order valence-electron chi connectivity index (χ0n) is 13.9. The third kappa shape index (κ3) is 1.91. The molecule has 4 fully saturated rings. The van der Waals surface area contributed by atoms with Gasteiger partial charge in [0, 0.05) is 12.8 Å². The summed E-state index contributed by atoms with van der Waals surface area (Å²) in [5, 5.41) is 21.8. The highest BCUT2D eigenvalue weighted by Gasteiger charge is 2.62.